The van der Waals surface area contributed by atoms with Crippen LogP contribution in [0.4, 0.5) is 4.39 Å². The summed E-state index contributed by atoms with van der Waals surface area (Å²) >= 11 is 0. The zero-order valence-corrected chi connectivity index (χ0v) is 12.4. The van der Waals surface area contributed by atoms with Crippen LogP contribution in [0.5, 0.6) is 5.75 Å². The third kappa shape index (κ3) is 3.24. The molecule has 2 aromatic carbocycles. The van der Waals surface area contributed by atoms with Crippen molar-refractivity contribution in [1.82, 2.24) is 5.32 Å². The fourth-order valence-corrected chi connectivity index (χ4v) is 2.46. The zero-order valence-electron chi connectivity index (χ0n) is 12.4. The molecular formula is C18H20FNO. The molecule has 1 saturated carbocycles. The minimum atomic E-state index is -0.164. The van der Waals surface area contributed by atoms with E-state index in [9.17, 15) is 4.39 Å². The average Bonchev–Trinajstić information content (AvgIpc) is 3.32. The van der Waals surface area contributed by atoms with E-state index in [4.69, 9.17) is 4.74 Å². The summed E-state index contributed by atoms with van der Waals surface area (Å²) in [5, 5.41) is 3.51. The van der Waals surface area contributed by atoms with Crippen molar-refractivity contribution in [2.75, 3.05) is 7.11 Å². The summed E-state index contributed by atoms with van der Waals surface area (Å²) in [6.45, 7) is 2.60. The maximum atomic E-state index is 13.4. The monoisotopic (exact) mass is 285 g/mol. The van der Waals surface area contributed by atoms with Crippen molar-refractivity contribution in [2.45, 2.75) is 32.4 Å². The maximum Gasteiger partial charge on any atom is 0.126 e. The van der Waals surface area contributed by atoms with Crippen molar-refractivity contribution >= 4 is 0 Å². The van der Waals surface area contributed by atoms with Gasteiger partial charge in [0.2, 0.25) is 0 Å². The van der Waals surface area contributed by atoms with Crippen LogP contribution in [0.3, 0.4) is 0 Å². The molecule has 2 nitrogen and oxygen atoms in total. The third-order valence-corrected chi connectivity index (χ3v) is 3.93. The second-order valence-corrected chi connectivity index (χ2v) is 5.65. The predicted molar refractivity (Wildman–Crippen MR) is 83.0 cm³/mol. The van der Waals surface area contributed by atoms with Gasteiger partial charge < -0.3 is 10.1 Å². The van der Waals surface area contributed by atoms with Crippen molar-refractivity contribution < 1.29 is 9.13 Å². The molecule has 0 aliphatic heterocycles. The van der Waals surface area contributed by atoms with Crippen LogP contribution >= 0.6 is 0 Å². The molecule has 3 heteroatoms. The molecule has 1 aliphatic carbocycles. The Kier molecular flexibility index (Phi) is 3.93. The molecule has 0 spiro atoms. The molecule has 0 bridgehead atoms. The van der Waals surface area contributed by atoms with Crippen LogP contribution in [0.1, 0.15) is 24.0 Å². The first kappa shape index (κ1) is 14.1. The molecule has 110 valence electrons. The molecular weight excluding hydrogens is 265 g/mol. The number of nitrogens with one attached hydrogen (secondary N) is 1. The standard InChI is InChI=1S/C18H20FNO/c1-12-9-13(3-7-17(12)19)14-4-8-18(21-2)15(10-14)11-20-16-5-6-16/h3-4,7-10,16,20H,5-6,11H2,1-2H3. The average molecular weight is 285 g/mol. The van der Waals surface area contributed by atoms with E-state index in [0.29, 0.717) is 11.6 Å². The number of rotatable bonds is 5. The molecule has 1 aliphatic rings. The van der Waals surface area contributed by atoms with Crippen LogP contribution < -0.4 is 10.1 Å². The first-order valence-electron chi connectivity index (χ1n) is 7.34. The van der Waals surface area contributed by atoms with Gasteiger partial charge in [-0.15, -0.1) is 0 Å². The van der Waals surface area contributed by atoms with E-state index in [-0.39, 0.29) is 5.82 Å². The van der Waals surface area contributed by atoms with E-state index in [2.05, 4.69) is 11.4 Å². The van der Waals surface area contributed by atoms with Gasteiger partial charge in [-0.3, -0.25) is 0 Å². The Morgan fingerprint density at radius 2 is 1.86 bits per heavy atom. The molecule has 0 radical (unpaired) electrons. The quantitative estimate of drug-likeness (QED) is 0.894. The van der Waals surface area contributed by atoms with Crippen molar-refractivity contribution in [1.29, 1.82) is 0 Å². The fraction of sp³-hybridized carbons (Fsp3) is 0.333. The van der Waals surface area contributed by atoms with Crippen molar-refractivity contribution in [2.24, 2.45) is 0 Å². The summed E-state index contributed by atoms with van der Waals surface area (Å²) in [4.78, 5) is 0. The molecule has 0 heterocycles. The summed E-state index contributed by atoms with van der Waals surface area (Å²) < 4.78 is 18.8. The third-order valence-electron chi connectivity index (χ3n) is 3.93. The van der Waals surface area contributed by atoms with Crippen LogP contribution in [0.2, 0.25) is 0 Å². The van der Waals surface area contributed by atoms with Crippen molar-refractivity contribution in [3.05, 3.63) is 53.3 Å². The van der Waals surface area contributed by atoms with Gasteiger partial charge in [0.05, 0.1) is 7.11 Å². The lowest BCUT2D eigenvalue weighted by molar-refractivity contribution is 0.407. The van der Waals surface area contributed by atoms with Crippen LogP contribution in [0.25, 0.3) is 11.1 Å². The highest BCUT2D eigenvalue weighted by atomic mass is 19.1. The van der Waals surface area contributed by atoms with Gasteiger partial charge in [0.1, 0.15) is 11.6 Å². The highest BCUT2D eigenvalue weighted by Gasteiger charge is 2.20. The number of benzene rings is 2. The van der Waals surface area contributed by atoms with Gasteiger partial charge in [-0.05, 0) is 60.7 Å². The van der Waals surface area contributed by atoms with Gasteiger partial charge in [0.25, 0.3) is 0 Å². The lowest BCUT2D eigenvalue weighted by atomic mass is 10.0. The summed E-state index contributed by atoms with van der Waals surface area (Å²) in [7, 11) is 1.69. The lowest BCUT2D eigenvalue weighted by Gasteiger charge is -2.12. The number of aryl methyl sites for hydroxylation is 1. The SMILES string of the molecule is COc1ccc(-c2ccc(F)c(C)c2)cc1CNC1CC1. The normalized spacial score (nSPS) is 14.2. The van der Waals surface area contributed by atoms with E-state index in [1.807, 2.05) is 24.3 Å². The van der Waals surface area contributed by atoms with E-state index in [1.165, 1.54) is 18.9 Å². The van der Waals surface area contributed by atoms with E-state index in [0.717, 1.165) is 29.0 Å². The molecule has 1 N–H and O–H groups in total. The Hall–Kier alpha value is -1.87. The zero-order chi connectivity index (χ0) is 14.8. The number of methoxy groups -OCH3 is 1. The Balaban J connectivity index is 1.90. The Morgan fingerprint density at radius 3 is 2.52 bits per heavy atom. The first-order valence-corrected chi connectivity index (χ1v) is 7.34. The van der Waals surface area contributed by atoms with Gasteiger partial charge in [0, 0.05) is 18.2 Å². The smallest absolute Gasteiger partial charge is 0.126 e. The van der Waals surface area contributed by atoms with Crippen LogP contribution in [-0.4, -0.2) is 13.2 Å². The number of hydrogen-bond donors (Lipinski definition) is 1. The topological polar surface area (TPSA) is 21.3 Å². The molecule has 3 rings (SSSR count). The van der Waals surface area contributed by atoms with Gasteiger partial charge >= 0.3 is 0 Å². The molecule has 2 aromatic rings. The second kappa shape index (κ2) is 5.86. The van der Waals surface area contributed by atoms with Crippen molar-refractivity contribution in [3.63, 3.8) is 0 Å². The van der Waals surface area contributed by atoms with Crippen LogP contribution in [0, 0.1) is 12.7 Å². The molecule has 0 atom stereocenters. The van der Waals surface area contributed by atoms with E-state index >= 15 is 0 Å². The predicted octanol–water partition coefficient (Wildman–Crippen LogP) is 4.06. The fourth-order valence-electron chi connectivity index (χ4n) is 2.46. The molecule has 1 fully saturated rings. The van der Waals surface area contributed by atoms with E-state index < -0.39 is 0 Å². The highest BCUT2D eigenvalue weighted by Crippen LogP contribution is 2.29. The Bertz CT molecular complexity index is 650. The first-order chi connectivity index (χ1) is 10.2. The minimum absolute atomic E-state index is 0.164. The van der Waals surface area contributed by atoms with Gasteiger partial charge in [0.15, 0.2) is 0 Å². The lowest BCUT2D eigenvalue weighted by Crippen LogP contribution is -2.15. The number of hydrogen-bond acceptors (Lipinski definition) is 2. The summed E-state index contributed by atoms with van der Waals surface area (Å²) in [6, 6.07) is 12.0. The highest BCUT2D eigenvalue weighted by molar-refractivity contribution is 5.66. The summed E-state index contributed by atoms with van der Waals surface area (Å²) in [5.41, 5.74) is 3.93. The molecule has 0 aromatic heterocycles. The Labute approximate surface area is 125 Å². The summed E-state index contributed by atoms with van der Waals surface area (Å²) in [6.07, 6.45) is 2.53. The molecule has 0 unspecified atom stereocenters. The summed E-state index contributed by atoms with van der Waals surface area (Å²) in [5.74, 6) is 0.730. The molecule has 0 amide bonds. The number of halogens is 1. The Morgan fingerprint density at radius 1 is 1.14 bits per heavy atom. The van der Waals surface area contributed by atoms with E-state index in [1.54, 1.807) is 14.0 Å². The molecule has 0 saturated heterocycles. The maximum absolute atomic E-state index is 13.4. The van der Waals surface area contributed by atoms with Gasteiger partial charge in [-0.1, -0.05) is 12.1 Å². The number of ether oxygens (including phenoxy) is 1. The molecule has 21 heavy (non-hydrogen) atoms. The van der Waals surface area contributed by atoms with Crippen molar-refractivity contribution in [3.8, 4) is 16.9 Å². The van der Waals surface area contributed by atoms with Crippen LogP contribution in [0.15, 0.2) is 36.4 Å². The van der Waals surface area contributed by atoms with Gasteiger partial charge in [-0.25, -0.2) is 4.39 Å². The van der Waals surface area contributed by atoms with Crippen LogP contribution in [-0.2, 0) is 6.54 Å². The minimum Gasteiger partial charge on any atom is -0.496 e. The van der Waals surface area contributed by atoms with Gasteiger partial charge in [-0.2, -0.15) is 0 Å². The second-order valence-electron chi connectivity index (χ2n) is 5.65. The largest absolute Gasteiger partial charge is 0.496 e.